The lowest BCUT2D eigenvalue weighted by Crippen LogP contribution is -2.24. The molecule has 0 saturated heterocycles. The molecule has 1 aliphatic rings. The van der Waals surface area contributed by atoms with Crippen molar-refractivity contribution in [3.63, 3.8) is 0 Å². The molecule has 0 amide bonds. The maximum absolute atomic E-state index is 6.11. The molecule has 0 saturated carbocycles. The van der Waals surface area contributed by atoms with E-state index in [4.69, 9.17) is 11.6 Å². The molecule has 100 valence electrons. The van der Waals surface area contributed by atoms with Crippen molar-refractivity contribution in [2.45, 2.75) is 30.8 Å². The number of hydrogen-bond donors (Lipinski definition) is 2. The number of aryl methyl sites for hydroxylation is 1. The smallest absolute Gasteiger partial charge is 0.0925 e. The summed E-state index contributed by atoms with van der Waals surface area (Å²) in [4.78, 5) is 8.77. The van der Waals surface area contributed by atoms with Gasteiger partial charge in [0.1, 0.15) is 0 Å². The van der Waals surface area contributed by atoms with Crippen LogP contribution in [0.5, 0.6) is 0 Å². The normalized spacial score (nSPS) is 18.3. The summed E-state index contributed by atoms with van der Waals surface area (Å²) in [5.41, 5.74) is 3.53. The van der Waals surface area contributed by atoms with Crippen LogP contribution in [0.1, 0.15) is 29.4 Å². The van der Waals surface area contributed by atoms with Gasteiger partial charge in [0, 0.05) is 28.2 Å². The molecule has 0 spiro atoms. The summed E-state index contributed by atoms with van der Waals surface area (Å²) in [6, 6.07) is 6.54. The first-order chi connectivity index (χ1) is 9.24. The van der Waals surface area contributed by atoms with Crippen molar-refractivity contribution in [2.24, 2.45) is 0 Å². The molecule has 3 rings (SSSR count). The minimum atomic E-state index is 0.367. The fourth-order valence-corrected chi connectivity index (χ4v) is 3.65. The van der Waals surface area contributed by atoms with Crippen molar-refractivity contribution in [2.75, 3.05) is 5.75 Å². The fourth-order valence-electron chi connectivity index (χ4n) is 2.36. The van der Waals surface area contributed by atoms with Crippen molar-refractivity contribution in [3.8, 4) is 0 Å². The van der Waals surface area contributed by atoms with Crippen LogP contribution in [0.25, 0.3) is 0 Å². The van der Waals surface area contributed by atoms with Gasteiger partial charge in [0.2, 0.25) is 0 Å². The Labute approximate surface area is 122 Å². The molecule has 2 heterocycles. The fraction of sp³-hybridized carbons (Fsp3) is 0.357. The minimum absolute atomic E-state index is 0.367. The molecule has 0 fully saturated rings. The van der Waals surface area contributed by atoms with Crippen LogP contribution in [-0.2, 0) is 6.54 Å². The quantitative estimate of drug-likeness (QED) is 0.906. The Morgan fingerprint density at radius 1 is 1.53 bits per heavy atom. The van der Waals surface area contributed by atoms with Gasteiger partial charge in [-0.3, -0.25) is 0 Å². The average Bonchev–Trinajstić information content (AvgIpc) is 2.82. The molecule has 1 unspecified atom stereocenters. The van der Waals surface area contributed by atoms with Crippen molar-refractivity contribution < 1.29 is 0 Å². The zero-order chi connectivity index (χ0) is 13.2. The van der Waals surface area contributed by atoms with E-state index in [1.165, 1.54) is 10.5 Å². The second-order valence-corrected chi connectivity index (χ2v) is 6.30. The summed E-state index contributed by atoms with van der Waals surface area (Å²) in [5, 5.41) is 4.40. The van der Waals surface area contributed by atoms with Crippen LogP contribution in [0.2, 0.25) is 5.02 Å². The van der Waals surface area contributed by atoms with Gasteiger partial charge in [-0.2, -0.15) is 0 Å². The number of halogens is 1. The van der Waals surface area contributed by atoms with Crippen LogP contribution < -0.4 is 5.32 Å². The van der Waals surface area contributed by atoms with Gasteiger partial charge < -0.3 is 10.3 Å². The topological polar surface area (TPSA) is 40.7 Å². The van der Waals surface area contributed by atoms with E-state index in [1.54, 1.807) is 6.33 Å². The number of aromatic amines is 1. The van der Waals surface area contributed by atoms with E-state index in [0.29, 0.717) is 6.04 Å². The summed E-state index contributed by atoms with van der Waals surface area (Å²) in [5.74, 6) is 1.14. The zero-order valence-corrected chi connectivity index (χ0v) is 12.3. The highest BCUT2D eigenvalue weighted by Crippen LogP contribution is 2.37. The minimum Gasteiger partial charge on any atom is -0.348 e. The lowest BCUT2D eigenvalue weighted by Gasteiger charge is -2.26. The lowest BCUT2D eigenvalue weighted by atomic mass is 10.0. The third-order valence-electron chi connectivity index (χ3n) is 3.46. The van der Waals surface area contributed by atoms with Gasteiger partial charge in [-0.05, 0) is 42.9 Å². The molecule has 1 aliphatic heterocycles. The molecule has 19 heavy (non-hydrogen) atoms. The second kappa shape index (κ2) is 5.57. The first-order valence-electron chi connectivity index (χ1n) is 6.38. The molecular formula is C14H16ClN3S. The van der Waals surface area contributed by atoms with Gasteiger partial charge in [-0.15, -0.1) is 11.8 Å². The summed E-state index contributed by atoms with van der Waals surface area (Å²) in [6.07, 6.45) is 2.87. The van der Waals surface area contributed by atoms with Crippen molar-refractivity contribution in [1.82, 2.24) is 15.3 Å². The van der Waals surface area contributed by atoms with Gasteiger partial charge in [0.05, 0.1) is 12.0 Å². The summed E-state index contributed by atoms with van der Waals surface area (Å²) in [7, 11) is 0. The van der Waals surface area contributed by atoms with Crippen LogP contribution in [0.15, 0.2) is 29.4 Å². The zero-order valence-electron chi connectivity index (χ0n) is 10.7. The van der Waals surface area contributed by atoms with Crippen LogP contribution in [-0.4, -0.2) is 15.7 Å². The molecule has 0 bridgehead atoms. The number of aromatic nitrogens is 2. The number of nitrogens with zero attached hydrogens (tertiary/aromatic N) is 1. The number of fused-ring (bicyclic) bond motifs is 1. The van der Waals surface area contributed by atoms with E-state index < -0.39 is 0 Å². The van der Waals surface area contributed by atoms with Crippen LogP contribution in [0.4, 0.5) is 0 Å². The molecule has 1 aromatic heterocycles. The molecule has 2 N–H and O–H groups in total. The largest absolute Gasteiger partial charge is 0.348 e. The van der Waals surface area contributed by atoms with Crippen LogP contribution in [0, 0.1) is 6.92 Å². The average molecular weight is 294 g/mol. The molecule has 3 nitrogen and oxygen atoms in total. The van der Waals surface area contributed by atoms with E-state index in [-0.39, 0.29) is 0 Å². The Kier molecular flexibility index (Phi) is 3.82. The Morgan fingerprint density at radius 2 is 2.42 bits per heavy atom. The standard InChI is InChI=1S/C14H16ClN3S/c1-9-13(18-8-17-9)7-16-12-4-5-19-14-3-2-10(15)6-11(12)14/h2-3,6,8,12,16H,4-5,7H2,1H3,(H,17,18). The Morgan fingerprint density at radius 3 is 3.21 bits per heavy atom. The Balaban J connectivity index is 1.76. The Bertz CT molecular complexity index is 582. The highest BCUT2D eigenvalue weighted by atomic mass is 35.5. The molecule has 0 radical (unpaired) electrons. The highest BCUT2D eigenvalue weighted by Gasteiger charge is 2.20. The second-order valence-electron chi connectivity index (χ2n) is 4.73. The molecule has 5 heteroatoms. The van der Waals surface area contributed by atoms with E-state index in [9.17, 15) is 0 Å². The number of hydrogen-bond acceptors (Lipinski definition) is 3. The predicted molar refractivity (Wildman–Crippen MR) is 79.7 cm³/mol. The van der Waals surface area contributed by atoms with Gasteiger partial charge in [0.15, 0.2) is 0 Å². The van der Waals surface area contributed by atoms with Crippen LogP contribution >= 0.6 is 23.4 Å². The number of thioether (sulfide) groups is 1. The third-order valence-corrected chi connectivity index (χ3v) is 4.82. The van der Waals surface area contributed by atoms with E-state index in [0.717, 1.165) is 35.1 Å². The van der Waals surface area contributed by atoms with Crippen LogP contribution in [0.3, 0.4) is 0 Å². The molecule has 2 aromatic rings. The molecule has 1 aromatic carbocycles. The van der Waals surface area contributed by atoms with E-state index >= 15 is 0 Å². The van der Waals surface area contributed by atoms with Crippen molar-refractivity contribution in [3.05, 3.63) is 46.5 Å². The summed E-state index contributed by atoms with van der Waals surface area (Å²) >= 11 is 8.02. The molecule has 0 aliphatic carbocycles. The predicted octanol–water partition coefficient (Wildman–Crippen LogP) is 3.70. The highest BCUT2D eigenvalue weighted by molar-refractivity contribution is 7.99. The van der Waals surface area contributed by atoms with Crippen molar-refractivity contribution >= 4 is 23.4 Å². The van der Waals surface area contributed by atoms with E-state index in [1.807, 2.05) is 24.8 Å². The lowest BCUT2D eigenvalue weighted by molar-refractivity contribution is 0.505. The number of nitrogens with one attached hydrogen (secondary N) is 2. The summed E-state index contributed by atoms with van der Waals surface area (Å²) in [6.45, 7) is 2.84. The Hall–Kier alpha value is -0.970. The van der Waals surface area contributed by atoms with Gasteiger partial charge in [0.25, 0.3) is 0 Å². The van der Waals surface area contributed by atoms with Gasteiger partial charge in [-0.25, -0.2) is 4.98 Å². The van der Waals surface area contributed by atoms with Gasteiger partial charge >= 0.3 is 0 Å². The van der Waals surface area contributed by atoms with Gasteiger partial charge in [-0.1, -0.05) is 11.6 Å². The first-order valence-corrected chi connectivity index (χ1v) is 7.75. The monoisotopic (exact) mass is 293 g/mol. The van der Waals surface area contributed by atoms with E-state index in [2.05, 4.69) is 27.4 Å². The number of benzene rings is 1. The molecule has 1 atom stereocenters. The number of rotatable bonds is 3. The summed E-state index contributed by atoms with van der Waals surface area (Å²) < 4.78 is 0. The number of imidazole rings is 1. The SMILES string of the molecule is Cc1[nH]cnc1CNC1CCSc2ccc(Cl)cc21. The number of H-pyrrole nitrogens is 1. The maximum atomic E-state index is 6.11. The molecular weight excluding hydrogens is 278 g/mol. The maximum Gasteiger partial charge on any atom is 0.0925 e. The first kappa shape index (κ1) is 13.0. The third kappa shape index (κ3) is 2.81. The van der Waals surface area contributed by atoms with Crippen molar-refractivity contribution in [1.29, 1.82) is 0 Å².